The summed E-state index contributed by atoms with van der Waals surface area (Å²) < 4.78 is 10.8. The van der Waals surface area contributed by atoms with Gasteiger partial charge in [0.1, 0.15) is 5.76 Å². The molecule has 0 aliphatic carbocycles. The van der Waals surface area contributed by atoms with E-state index in [1.807, 2.05) is 0 Å². The van der Waals surface area contributed by atoms with Crippen LogP contribution in [0.4, 0.5) is 0 Å². The molecule has 6 heteroatoms. The molecule has 1 rings (SSSR count). The van der Waals surface area contributed by atoms with E-state index < -0.39 is 0 Å². The van der Waals surface area contributed by atoms with Gasteiger partial charge in [-0.2, -0.15) is 0 Å². The third kappa shape index (κ3) is 6.25. The van der Waals surface area contributed by atoms with E-state index in [4.69, 9.17) is 14.3 Å². The average molecular weight is 304 g/mol. The van der Waals surface area contributed by atoms with E-state index in [1.54, 1.807) is 18.2 Å². The van der Waals surface area contributed by atoms with Crippen LogP contribution in [0, 0.1) is 0 Å². The standard InChI is InChI=1S/C11H14BrNO4/c12-10-3-1-9(17-10)2-4-11(15)13-5-7-16-8-6-14/h1-4,14H,5-8H2,(H,13,15)/b4-2+. The summed E-state index contributed by atoms with van der Waals surface area (Å²) in [7, 11) is 0. The van der Waals surface area contributed by atoms with Crippen molar-refractivity contribution in [3.63, 3.8) is 0 Å². The molecule has 5 nitrogen and oxygen atoms in total. The number of carbonyl (C=O) groups is 1. The van der Waals surface area contributed by atoms with Gasteiger partial charge in [-0.1, -0.05) is 0 Å². The first-order valence-electron chi connectivity index (χ1n) is 5.12. The summed E-state index contributed by atoms with van der Waals surface area (Å²) in [5, 5.41) is 11.1. The number of hydrogen-bond donors (Lipinski definition) is 2. The van der Waals surface area contributed by atoms with Gasteiger partial charge < -0.3 is 19.6 Å². The largest absolute Gasteiger partial charge is 0.450 e. The lowest BCUT2D eigenvalue weighted by atomic mass is 10.4. The number of amides is 1. The van der Waals surface area contributed by atoms with Crippen molar-refractivity contribution in [3.8, 4) is 0 Å². The Hall–Kier alpha value is -1.11. The zero-order valence-electron chi connectivity index (χ0n) is 9.19. The Bertz CT molecular complexity index is 375. The number of nitrogens with one attached hydrogen (secondary N) is 1. The van der Waals surface area contributed by atoms with Crippen molar-refractivity contribution in [1.82, 2.24) is 5.32 Å². The molecule has 1 heterocycles. The van der Waals surface area contributed by atoms with Crippen molar-refractivity contribution < 1.29 is 19.1 Å². The number of furan rings is 1. The number of carbonyl (C=O) groups excluding carboxylic acids is 1. The fourth-order valence-corrected chi connectivity index (χ4v) is 1.37. The van der Waals surface area contributed by atoms with Gasteiger partial charge in [-0.25, -0.2) is 0 Å². The Morgan fingerprint density at radius 3 is 3.00 bits per heavy atom. The summed E-state index contributed by atoms with van der Waals surface area (Å²) in [5.74, 6) is 0.383. The van der Waals surface area contributed by atoms with E-state index in [1.165, 1.54) is 6.08 Å². The number of aliphatic hydroxyl groups is 1. The number of aliphatic hydroxyl groups excluding tert-OH is 1. The molecule has 0 saturated heterocycles. The number of hydrogen-bond acceptors (Lipinski definition) is 4. The van der Waals surface area contributed by atoms with E-state index in [0.29, 0.717) is 23.6 Å². The molecule has 1 aromatic rings. The Kier molecular flexibility index (Phi) is 6.61. The van der Waals surface area contributed by atoms with Crippen LogP contribution in [0.15, 0.2) is 27.3 Å². The highest BCUT2D eigenvalue weighted by molar-refractivity contribution is 9.10. The van der Waals surface area contributed by atoms with Gasteiger partial charge in [-0.3, -0.25) is 4.79 Å². The highest BCUT2D eigenvalue weighted by atomic mass is 79.9. The van der Waals surface area contributed by atoms with Gasteiger partial charge in [0, 0.05) is 12.6 Å². The molecular weight excluding hydrogens is 290 g/mol. The van der Waals surface area contributed by atoms with Crippen LogP contribution < -0.4 is 5.32 Å². The lowest BCUT2D eigenvalue weighted by molar-refractivity contribution is -0.116. The second-order valence-corrected chi connectivity index (χ2v) is 3.88. The summed E-state index contributed by atoms with van der Waals surface area (Å²) in [6.07, 6.45) is 2.96. The van der Waals surface area contributed by atoms with E-state index in [2.05, 4.69) is 21.2 Å². The smallest absolute Gasteiger partial charge is 0.244 e. The van der Waals surface area contributed by atoms with Gasteiger partial charge in [0.15, 0.2) is 4.67 Å². The highest BCUT2D eigenvalue weighted by Crippen LogP contribution is 2.14. The summed E-state index contributed by atoms with van der Waals surface area (Å²) in [6.45, 7) is 1.06. The maximum Gasteiger partial charge on any atom is 0.244 e. The quantitative estimate of drug-likeness (QED) is 0.586. The monoisotopic (exact) mass is 303 g/mol. The van der Waals surface area contributed by atoms with Crippen molar-refractivity contribution in [2.75, 3.05) is 26.4 Å². The maximum atomic E-state index is 11.3. The Balaban J connectivity index is 2.18. The summed E-state index contributed by atoms with van der Waals surface area (Å²) >= 11 is 3.17. The molecule has 0 atom stereocenters. The molecule has 2 N–H and O–H groups in total. The van der Waals surface area contributed by atoms with Crippen LogP contribution in [0.3, 0.4) is 0 Å². The van der Waals surface area contributed by atoms with Gasteiger partial charge in [0.25, 0.3) is 0 Å². The van der Waals surface area contributed by atoms with E-state index in [9.17, 15) is 4.79 Å². The first-order chi connectivity index (χ1) is 8.22. The summed E-state index contributed by atoms with van der Waals surface area (Å²) in [5.41, 5.74) is 0. The zero-order valence-corrected chi connectivity index (χ0v) is 10.8. The van der Waals surface area contributed by atoms with Crippen molar-refractivity contribution >= 4 is 27.9 Å². The molecule has 0 aliphatic rings. The molecule has 1 amide bonds. The zero-order chi connectivity index (χ0) is 12.5. The Morgan fingerprint density at radius 2 is 2.35 bits per heavy atom. The first-order valence-corrected chi connectivity index (χ1v) is 5.91. The lowest BCUT2D eigenvalue weighted by Gasteiger charge is -2.02. The predicted molar refractivity (Wildman–Crippen MR) is 66.4 cm³/mol. The fourth-order valence-electron chi connectivity index (χ4n) is 1.05. The molecule has 94 valence electrons. The van der Waals surface area contributed by atoms with Gasteiger partial charge in [-0.15, -0.1) is 0 Å². The van der Waals surface area contributed by atoms with Crippen LogP contribution in [0.2, 0.25) is 0 Å². The van der Waals surface area contributed by atoms with Crippen LogP contribution in [-0.2, 0) is 9.53 Å². The number of halogens is 1. The maximum absolute atomic E-state index is 11.3. The second kappa shape index (κ2) is 8.05. The molecule has 0 unspecified atom stereocenters. The van der Waals surface area contributed by atoms with Crippen LogP contribution >= 0.6 is 15.9 Å². The van der Waals surface area contributed by atoms with Crippen molar-refractivity contribution in [2.45, 2.75) is 0 Å². The van der Waals surface area contributed by atoms with E-state index >= 15 is 0 Å². The molecule has 0 radical (unpaired) electrons. The van der Waals surface area contributed by atoms with Gasteiger partial charge in [-0.05, 0) is 34.1 Å². The van der Waals surface area contributed by atoms with Crippen LogP contribution in [0.5, 0.6) is 0 Å². The number of rotatable bonds is 7. The molecular formula is C11H14BrNO4. The second-order valence-electron chi connectivity index (χ2n) is 3.10. The minimum atomic E-state index is -0.217. The topological polar surface area (TPSA) is 71.7 Å². The molecule has 0 aliphatic heterocycles. The first kappa shape index (κ1) is 14.0. The molecule has 0 bridgehead atoms. The van der Waals surface area contributed by atoms with E-state index in [0.717, 1.165) is 0 Å². The Labute approximate surface area is 108 Å². The number of ether oxygens (including phenoxy) is 1. The van der Waals surface area contributed by atoms with Crippen LogP contribution in [0.1, 0.15) is 5.76 Å². The van der Waals surface area contributed by atoms with Crippen LogP contribution in [-0.4, -0.2) is 37.4 Å². The third-order valence-electron chi connectivity index (χ3n) is 1.77. The van der Waals surface area contributed by atoms with Crippen molar-refractivity contribution in [1.29, 1.82) is 0 Å². The minimum absolute atomic E-state index is 0.0127. The molecule has 1 aromatic heterocycles. The third-order valence-corrected chi connectivity index (χ3v) is 2.20. The highest BCUT2D eigenvalue weighted by Gasteiger charge is 1.97. The molecule has 0 spiro atoms. The molecule has 17 heavy (non-hydrogen) atoms. The lowest BCUT2D eigenvalue weighted by Crippen LogP contribution is -2.25. The van der Waals surface area contributed by atoms with Gasteiger partial charge >= 0.3 is 0 Å². The predicted octanol–water partition coefficient (Wildman–Crippen LogP) is 1.18. The van der Waals surface area contributed by atoms with Crippen LogP contribution in [0.25, 0.3) is 6.08 Å². The normalized spacial score (nSPS) is 10.9. The molecule has 0 saturated carbocycles. The van der Waals surface area contributed by atoms with E-state index in [-0.39, 0.29) is 19.1 Å². The average Bonchev–Trinajstić information content (AvgIpc) is 2.72. The molecule has 0 aromatic carbocycles. The minimum Gasteiger partial charge on any atom is -0.450 e. The molecule has 0 fully saturated rings. The van der Waals surface area contributed by atoms with Crippen molar-refractivity contribution in [2.24, 2.45) is 0 Å². The summed E-state index contributed by atoms with van der Waals surface area (Å²) in [6, 6.07) is 3.50. The fraction of sp³-hybridized carbons (Fsp3) is 0.364. The SMILES string of the molecule is O=C(/C=C/c1ccc(Br)o1)NCCOCCO. The Morgan fingerprint density at radius 1 is 1.53 bits per heavy atom. The van der Waals surface area contributed by atoms with Gasteiger partial charge in [0.05, 0.1) is 19.8 Å². The summed E-state index contributed by atoms with van der Waals surface area (Å²) in [4.78, 5) is 11.3. The van der Waals surface area contributed by atoms with Crippen molar-refractivity contribution in [3.05, 3.63) is 28.6 Å². The van der Waals surface area contributed by atoms with Gasteiger partial charge in [0.2, 0.25) is 5.91 Å².